The van der Waals surface area contributed by atoms with Crippen molar-refractivity contribution in [1.29, 1.82) is 0 Å². The van der Waals surface area contributed by atoms with Crippen molar-refractivity contribution in [2.45, 2.75) is 264 Å². The Hall–Kier alpha value is -1.13. The van der Waals surface area contributed by atoms with Crippen LogP contribution < -0.4 is 5.32 Å². The molecule has 4 heteroatoms. The van der Waals surface area contributed by atoms with Gasteiger partial charge in [-0.05, 0) is 44.9 Å². The standard InChI is InChI=1S/C47H91NO3/c1-3-5-7-9-11-13-14-15-16-17-18-19-20-21-22-23-24-25-26-27-28-29-30-31-32-33-35-37-39-41-43-47(51)48-45(44-49)46(50)42-40-38-36-34-12-10-8-6-4-2/h21-22,40,42,45-46,49-50H,3-20,23-39,41,43-44H2,1-2H3,(H,48,51)/b22-21-,42-40+. The lowest BCUT2D eigenvalue weighted by Crippen LogP contribution is -2.45. The predicted molar refractivity (Wildman–Crippen MR) is 225 cm³/mol. The van der Waals surface area contributed by atoms with Gasteiger partial charge in [-0.3, -0.25) is 4.79 Å². The van der Waals surface area contributed by atoms with Gasteiger partial charge in [0, 0.05) is 6.42 Å². The maximum absolute atomic E-state index is 12.3. The molecule has 51 heavy (non-hydrogen) atoms. The third-order valence-electron chi connectivity index (χ3n) is 10.7. The molecule has 0 saturated carbocycles. The van der Waals surface area contributed by atoms with E-state index in [2.05, 4.69) is 31.3 Å². The number of hydrogen-bond donors (Lipinski definition) is 3. The maximum Gasteiger partial charge on any atom is 0.220 e. The highest BCUT2D eigenvalue weighted by Crippen LogP contribution is 2.16. The number of amides is 1. The Bertz CT molecular complexity index is 735. The molecule has 0 aromatic rings. The number of aliphatic hydroxyl groups is 2. The molecule has 4 nitrogen and oxygen atoms in total. The molecular weight excluding hydrogens is 627 g/mol. The van der Waals surface area contributed by atoms with E-state index < -0.39 is 12.1 Å². The van der Waals surface area contributed by atoms with Crippen LogP contribution in [0.4, 0.5) is 0 Å². The molecule has 3 N–H and O–H groups in total. The summed E-state index contributed by atoms with van der Waals surface area (Å²) in [5.74, 6) is -0.0642. The molecule has 0 radical (unpaired) electrons. The van der Waals surface area contributed by atoms with Gasteiger partial charge >= 0.3 is 0 Å². The molecule has 0 aliphatic rings. The second kappa shape index (κ2) is 43.3. The molecule has 2 unspecified atom stereocenters. The van der Waals surface area contributed by atoms with Gasteiger partial charge in [0.15, 0.2) is 0 Å². The average Bonchev–Trinajstić information content (AvgIpc) is 3.13. The number of aliphatic hydroxyl groups excluding tert-OH is 2. The minimum Gasteiger partial charge on any atom is -0.394 e. The van der Waals surface area contributed by atoms with Crippen LogP contribution in [0, 0.1) is 0 Å². The number of allylic oxidation sites excluding steroid dienone is 3. The largest absolute Gasteiger partial charge is 0.394 e. The zero-order valence-electron chi connectivity index (χ0n) is 34.6. The SMILES string of the molecule is CCCCCCCCC/C=C/C(O)C(CO)NC(=O)CCCCCCCCCCCCCCCC/C=C\CCCCCCCCCCCCCC. The fourth-order valence-electron chi connectivity index (χ4n) is 7.11. The van der Waals surface area contributed by atoms with E-state index in [9.17, 15) is 15.0 Å². The van der Waals surface area contributed by atoms with Crippen molar-refractivity contribution in [3.05, 3.63) is 24.3 Å². The van der Waals surface area contributed by atoms with E-state index in [0.29, 0.717) is 6.42 Å². The van der Waals surface area contributed by atoms with Gasteiger partial charge in [-0.15, -0.1) is 0 Å². The summed E-state index contributed by atoms with van der Waals surface area (Å²) in [6, 6.07) is -0.617. The normalized spacial score (nSPS) is 13.1. The van der Waals surface area contributed by atoms with Crippen molar-refractivity contribution < 1.29 is 15.0 Å². The Balaban J connectivity index is 3.41. The Morgan fingerprint density at radius 2 is 0.745 bits per heavy atom. The fourth-order valence-corrected chi connectivity index (χ4v) is 7.11. The molecule has 0 heterocycles. The quantitative estimate of drug-likeness (QED) is 0.0435. The molecule has 0 spiro atoms. The van der Waals surface area contributed by atoms with Crippen LogP contribution in [-0.2, 0) is 4.79 Å². The first kappa shape index (κ1) is 49.9. The molecule has 302 valence electrons. The Morgan fingerprint density at radius 1 is 0.451 bits per heavy atom. The highest BCUT2D eigenvalue weighted by atomic mass is 16.3. The summed E-state index contributed by atoms with van der Waals surface area (Å²) in [6.07, 6.45) is 56.0. The van der Waals surface area contributed by atoms with Crippen molar-refractivity contribution in [3.8, 4) is 0 Å². The summed E-state index contributed by atoms with van der Waals surface area (Å²) in [6.45, 7) is 4.29. The highest BCUT2D eigenvalue weighted by Gasteiger charge is 2.17. The van der Waals surface area contributed by atoms with E-state index >= 15 is 0 Å². The van der Waals surface area contributed by atoms with E-state index in [1.54, 1.807) is 6.08 Å². The van der Waals surface area contributed by atoms with Crippen molar-refractivity contribution >= 4 is 5.91 Å². The van der Waals surface area contributed by atoms with Crippen molar-refractivity contribution in [3.63, 3.8) is 0 Å². The lowest BCUT2D eigenvalue weighted by molar-refractivity contribution is -0.123. The first-order chi connectivity index (χ1) is 25.2. The van der Waals surface area contributed by atoms with Gasteiger partial charge in [0.25, 0.3) is 0 Å². The lowest BCUT2D eigenvalue weighted by atomic mass is 10.0. The van der Waals surface area contributed by atoms with Gasteiger partial charge in [0.05, 0.1) is 18.8 Å². The van der Waals surface area contributed by atoms with E-state index in [1.165, 1.54) is 205 Å². The van der Waals surface area contributed by atoms with Crippen LogP contribution in [0.15, 0.2) is 24.3 Å². The van der Waals surface area contributed by atoms with Gasteiger partial charge in [-0.25, -0.2) is 0 Å². The zero-order valence-corrected chi connectivity index (χ0v) is 34.6. The highest BCUT2D eigenvalue weighted by molar-refractivity contribution is 5.76. The summed E-state index contributed by atoms with van der Waals surface area (Å²) < 4.78 is 0. The molecule has 0 fully saturated rings. The number of carbonyl (C=O) groups excluding carboxylic acids is 1. The van der Waals surface area contributed by atoms with E-state index in [1.807, 2.05) is 6.08 Å². The minimum absolute atomic E-state index is 0.0642. The summed E-state index contributed by atoms with van der Waals surface area (Å²) in [5.41, 5.74) is 0. The number of carbonyl (C=O) groups is 1. The van der Waals surface area contributed by atoms with Crippen LogP contribution in [0.2, 0.25) is 0 Å². The third-order valence-corrected chi connectivity index (χ3v) is 10.7. The predicted octanol–water partition coefficient (Wildman–Crippen LogP) is 14.4. The van der Waals surface area contributed by atoms with E-state index in [-0.39, 0.29) is 12.5 Å². The van der Waals surface area contributed by atoms with Crippen LogP contribution >= 0.6 is 0 Å². The first-order valence-electron chi connectivity index (χ1n) is 23.1. The molecular formula is C47H91NO3. The molecule has 0 aromatic heterocycles. The van der Waals surface area contributed by atoms with Crippen molar-refractivity contribution in [2.24, 2.45) is 0 Å². The number of unbranched alkanes of at least 4 members (excludes halogenated alkanes) is 33. The van der Waals surface area contributed by atoms with Crippen molar-refractivity contribution in [2.75, 3.05) is 6.61 Å². The fraction of sp³-hybridized carbons (Fsp3) is 0.894. The Morgan fingerprint density at radius 3 is 1.08 bits per heavy atom. The molecule has 0 aliphatic heterocycles. The minimum atomic E-state index is -0.834. The van der Waals surface area contributed by atoms with Gasteiger partial charge < -0.3 is 15.5 Å². The molecule has 0 aromatic carbocycles. The zero-order chi connectivity index (χ0) is 37.1. The molecule has 1 amide bonds. The van der Waals surface area contributed by atoms with E-state index in [0.717, 1.165) is 25.7 Å². The topological polar surface area (TPSA) is 69.6 Å². The van der Waals surface area contributed by atoms with Crippen LogP contribution in [0.3, 0.4) is 0 Å². The second-order valence-corrected chi connectivity index (χ2v) is 15.8. The van der Waals surface area contributed by atoms with Gasteiger partial charge in [-0.2, -0.15) is 0 Å². The average molecular weight is 718 g/mol. The third kappa shape index (κ3) is 39.9. The molecule has 0 saturated heterocycles. The number of nitrogens with one attached hydrogen (secondary N) is 1. The molecule has 0 bridgehead atoms. The molecule has 2 atom stereocenters. The maximum atomic E-state index is 12.3. The summed E-state index contributed by atoms with van der Waals surface area (Å²) in [5, 5.41) is 22.9. The second-order valence-electron chi connectivity index (χ2n) is 15.8. The van der Waals surface area contributed by atoms with Crippen LogP contribution in [0.25, 0.3) is 0 Å². The Kier molecular flexibility index (Phi) is 42.3. The van der Waals surface area contributed by atoms with Gasteiger partial charge in [-0.1, -0.05) is 224 Å². The van der Waals surface area contributed by atoms with Crippen molar-refractivity contribution in [1.82, 2.24) is 5.32 Å². The van der Waals surface area contributed by atoms with Crippen LogP contribution in [0.5, 0.6) is 0 Å². The Labute approximate surface area is 319 Å². The monoisotopic (exact) mass is 718 g/mol. The number of rotatable bonds is 42. The van der Waals surface area contributed by atoms with Gasteiger partial charge in [0.1, 0.15) is 0 Å². The number of hydrogen-bond acceptors (Lipinski definition) is 3. The summed E-state index contributed by atoms with van der Waals surface area (Å²) in [7, 11) is 0. The van der Waals surface area contributed by atoms with Gasteiger partial charge in [0.2, 0.25) is 5.91 Å². The molecule has 0 rings (SSSR count). The smallest absolute Gasteiger partial charge is 0.220 e. The van der Waals surface area contributed by atoms with E-state index in [4.69, 9.17) is 0 Å². The van der Waals surface area contributed by atoms with Crippen LogP contribution in [-0.4, -0.2) is 34.9 Å². The summed E-state index contributed by atoms with van der Waals surface area (Å²) >= 11 is 0. The molecule has 0 aliphatic carbocycles. The lowest BCUT2D eigenvalue weighted by Gasteiger charge is -2.20. The van der Waals surface area contributed by atoms with Crippen LogP contribution in [0.1, 0.15) is 251 Å². The first-order valence-corrected chi connectivity index (χ1v) is 23.1. The summed E-state index contributed by atoms with van der Waals surface area (Å²) in [4.78, 5) is 12.3.